The predicted octanol–water partition coefficient (Wildman–Crippen LogP) is 4.13. The van der Waals surface area contributed by atoms with E-state index >= 15 is 0 Å². The molecule has 1 aliphatic rings. The van der Waals surface area contributed by atoms with Gasteiger partial charge in [0, 0.05) is 17.6 Å². The summed E-state index contributed by atoms with van der Waals surface area (Å²) in [6.45, 7) is 1.02. The first-order chi connectivity index (χ1) is 10.2. The van der Waals surface area contributed by atoms with Gasteiger partial charge >= 0.3 is 0 Å². The summed E-state index contributed by atoms with van der Waals surface area (Å²) in [6, 6.07) is 7.92. The first-order valence-electron chi connectivity index (χ1n) is 8.34. The molecule has 1 atom stereocenters. The molecule has 0 heterocycles. The molecule has 1 aliphatic carbocycles. The first kappa shape index (κ1) is 16.4. The molecule has 1 fully saturated rings. The minimum atomic E-state index is -0.103. The first-order valence-corrected chi connectivity index (χ1v) is 8.34. The third-order valence-electron chi connectivity index (χ3n) is 4.85. The number of halogens is 1. The fourth-order valence-corrected chi connectivity index (χ4v) is 3.43. The summed E-state index contributed by atoms with van der Waals surface area (Å²) in [4.78, 5) is 2.48. The molecule has 1 aromatic rings. The molecule has 1 saturated carbocycles. The van der Waals surface area contributed by atoms with Crippen LogP contribution in [-0.2, 0) is 0 Å². The van der Waals surface area contributed by atoms with Crippen molar-refractivity contribution in [3.05, 3.63) is 35.6 Å². The summed E-state index contributed by atoms with van der Waals surface area (Å²) >= 11 is 0. The highest BCUT2D eigenvalue weighted by atomic mass is 19.1. The number of rotatable bonds is 6. The quantitative estimate of drug-likeness (QED) is 0.793. The van der Waals surface area contributed by atoms with Crippen LogP contribution >= 0.6 is 0 Å². The Bertz CT molecular complexity index is 413. The lowest BCUT2D eigenvalue weighted by Gasteiger charge is -2.29. The Hall–Kier alpha value is -0.930. The molecular formula is C18H29FN2. The number of hydrogen-bond acceptors (Lipinski definition) is 2. The van der Waals surface area contributed by atoms with Crippen molar-refractivity contribution < 1.29 is 4.39 Å². The summed E-state index contributed by atoms with van der Waals surface area (Å²) in [5, 5.41) is 3.26. The minimum absolute atomic E-state index is 0.0967. The lowest BCUT2D eigenvalue weighted by molar-refractivity contribution is 0.210. The average molecular weight is 292 g/mol. The maximum atomic E-state index is 13.9. The zero-order chi connectivity index (χ0) is 15.1. The van der Waals surface area contributed by atoms with Crippen LogP contribution in [0.3, 0.4) is 0 Å². The van der Waals surface area contributed by atoms with Crippen molar-refractivity contribution in [1.29, 1.82) is 0 Å². The zero-order valence-electron chi connectivity index (χ0n) is 13.4. The average Bonchev–Trinajstić information content (AvgIpc) is 2.78. The van der Waals surface area contributed by atoms with Gasteiger partial charge < -0.3 is 10.2 Å². The van der Waals surface area contributed by atoms with Crippen molar-refractivity contribution in [2.75, 3.05) is 20.6 Å². The van der Waals surface area contributed by atoms with Crippen molar-refractivity contribution in [1.82, 2.24) is 10.2 Å². The standard InChI is InChI=1S/C18H29FN2/c1-20-18(16-11-7-8-12-17(16)19)13-14-21(2)15-9-5-3-4-6-10-15/h7-8,11-12,15,18,20H,3-6,9-10,13-14H2,1-2H3. The minimum Gasteiger partial charge on any atom is -0.313 e. The molecule has 0 saturated heterocycles. The van der Waals surface area contributed by atoms with Crippen LogP contribution in [-0.4, -0.2) is 31.6 Å². The van der Waals surface area contributed by atoms with E-state index in [9.17, 15) is 4.39 Å². The largest absolute Gasteiger partial charge is 0.313 e. The fourth-order valence-electron chi connectivity index (χ4n) is 3.43. The summed E-state index contributed by atoms with van der Waals surface area (Å²) in [5.74, 6) is -0.103. The van der Waals surface area contributed by atoms with E-state index in [2.05, 4.69) is 17.3 Å². The van der Waals surface area contributed by atoms with Crippen LogP contribution in [0.5, 0.6) is 0 Å². The molecule has 118 valence electrons. The lowest BCUT2D eigenvalue weighted by atomic mass is 10.0. The van der Waals surface area contributed by atoms with Crippen molar-refractivity contribution in [2.24, 2.45) is 0 Å². The van der Waals surface area contributed by atoms with Crippen LogP contribution in [0.1, 0.15) is 56.6 Å². The van der Waals surface area contributed by atoms with Gasteiger partial charge in [0.15, 0.2) is 0 Å². The van der Waals surface area contributed by atoms with E-state index in [1.54, 1.807) is 12.1 Å². The maximum absolute atomic E-state index is 13.9. The van der Waals surface area contributed by atoms with Crippen molar-refractivity contribution >= 4 is 0 Å². The van der Waals surface area contributed by atoms with Crippen LogP contribution in [0.2, 0.25) is 0 Å². The van der Waals surface area contributed by atoms with Gasteiger partial charge in [-0.1, -0.05) is 43.9 Å². The molecule has 21 heavy (non-hydrogen) atoms. The Labute approximate surface area is 128 Å². The number of benzene rings is 1. The molecule has 0 aromatic heterocycles. The molecule has 1 aromatic carbocycles. The number of nitrogens with zero attached hydrogens (tertiary/aromatic N) is 1. The van der Waals surface area contributed by atoms with Gasteiger partial charge in [-0.15, -0.1) is 0 Å². The zero-order valence-corrected chi connectivity index (χ0v) is 13.4. The molecule has 2 rings (SSSR count). The summed E-state index contributed by atoms with van der Waals surface area (Å²) in [5.41, 5.74) is 0.786. The van der Waals surface area contributed by atoms with Gasteiger partial charge in [-0.25, -0.2) is 4.39 Å². The predicted molar refractivity (Wildman–Crippen MR) is 86.9 cm³/mol. The smallest absolute Gasteiger partial charge is 0.127 e. The number of hydrogen-bond donors (Lipinski definition) is 1. The third-order valence-corrected chi connectivity index (χ3v) is 4.85. The summed E-state index contributed by atoms with van der Waals surface area (Å²) < 4.78 is 13.9. The van der Waals surface area contributed by atoms with E-state index < -0.39 is 0 Å². The fraction of sp³-hybridized carbons (Fsp3) is 0.667. The summed E-state index contributed by atoms with van der Waals surface area (Å²) in [6.07, 6.45) is 9.08. The highest BCUT2D eigenvalue weighted by Gasteiger charge is 2.19. The van der Waals surface area contributed by atoms with Crippen LogP contribution in [0.4, 0.5) is 4.39 Å². The van der Waals surface area contributed by atoms with Gasteiger partial charge in [-0.2, -0.15) is 0 Å². The Morgan fingerprint density at radius 3 is 2.48 bits per heavy atom. The second-order valence-electron chi connectivity index (χ2n) is 6.28. The molecule has 3 heteroatoms. The van der Waals surface area contributed by atoms with E-state index in [1.165, 1.54) is 38.5 Å². The molecule has 0 radical (unpaired) electrons. The second-order valence-corrected chi connectivity index (χ2v) is 6.28. The molecule has 0 aliphatic heterocycles. The Kier molecular flexibility index (Phi) is 6.65. The molecule has 0 amide bonds. The van der Waals surface area contributed by atoms with Crippen LogP contribution in [0.25, 0.3) is 0 Å². The van der Waals surface area contributed by atoms with Crippen molar-refractivity contribution in [3.8, 4) is 0 Å². The van der Waals surface area contributed by atoms with Gasteiger partial charge in [0.05, 0.1) is 0 Å². The maximum Gasteiger partial charge on any atom is 0.127 e. The van der Waals surface area contributed by atoms with E-state index in [4.69, 9.17) is 0 Å². The van der Waals surface area contributed by atoms with Crippen molar-refractivity contribution in [2.45, 2.75) is 57.0 Å². The second kappa shape index (κ2) is 8.50. The van der Waals surface area contributed by atoms with Gasteiger partial charge in [-0.05, 0) is 46.0 Å². The van der Waals surface area contributed by atoms with Crippen LogP contribution in [0.15, 0.2) is 24.3 Å². The Morgan fingerprint density at radius 2 is 1.86 bits per heavy atom. The Balaban J connectivity index is 1.89. The number of nitrogens with one attached hydrogen (secondary N) is 1. The van der Waals surface area contributed by atoms with Crippen molar-refractivity contribution in [3.63, 3.8) is 0 Å². The molecule has 2 nitrogen and oxygen atoms in total. The highest BCUT2D eigenvalue weighted by Crippen LogP contribution is 2.24. The van der Waals surface area contributed by atoms with E-state index in [0.29, 0.717) is 6.04 Å². The van der Waals surface area contributed by atoms with E-state index in [0.717, 1.165) is 18.5 Å². The van der Waals surface area contributed by atoms with Gasteiger partial charge in [0.25, 0.3) is 0 Å². The lowest BCUT2D eigenvalue weighted by Crippen LogP contribution is -2.34. The molecule has 0 bridgehead atoms. The normalized spacial score (nSPS) is 18.7. The van der Waals surface area contributed by atoms with Gasteiger partial charge in [0.2, 0.25) is 0 Å². The van der Waals surface area contributed by atoms with E-state index in [-0.39, 0.29) is 11.9 Å². The highest BCUT2D eigenvalue weighted by molar-refractivity contribution is 5.21. The monoisotopic (exact) mass is 292 g/mol. The SMILES string of the molecule is CNC(CCN(C)C1CCCCCC1)c1ccccc1F. The van der Waals surface area contributed by atoms with Crippen LogP contribution < -0.4 is 5.32 Å². The molecular weight excluding hydrogens is 263 g/mol. The van der Waals surface area contributed by atoms with E-state index in [1.807, 2.05) is 19.2 Å². The van der Waals surface area contributed by atoms with Crippen LogP contribution in [0, 0.1) is 5.82 Å². The van der Waals surface area contributed by atoms with Gasteiger partial charge in [-0.3, -0.25) is 0 Å². The molecule has 1 N–H and O–H groups in total. The molecule has 0 spiro atoms. The summed E-state index contributed by atoms with van der Waals surface area (Å²) in [7, 11) is 4.15. The Morgan fingerprint density at radius 1 is 1.19 bits per heavy atom. The van der Waals surface area contributed by atoms with Gasteiger partial charge in [0.1, 0.15) is 5.82 Å². The topological polar surface area (TPSA) is 15.3 Å². The third kappa shape index (κ3) is 4.79. The molecule has 1 unspecified atom stereocenters.